The van der Waals surface area contributed by atoms with Gasteiger partial charge in [0.05, 0.1) is 31.6 Å². The first-order chi connectivity index (χ1) is 11.2. The molecule has 6 nitrogen and oxygen atoms in total. The van der Waals surface area contributed by atoms with Crippen LogP contribution in [0.25, 0.3) is 5.65 Å². The third-order valence-electron chi connectivity index (χ3n) is 4.81. The first kappa shape index (κ1) is 15.7. The summed E-state index contributed by atoms with van der Waals surface area (Å²) in [6.45, 7) is 14.5. The van der Waals surface area contributed by atoms with Crippen LogP contribution in [0.15, 0.2) is 12.4 Å². The minimum atomic E-state index is -0.0671. The summed E-state index contributed by atoms with van der Waals surface area (Å²) in [5, 5.41) is 4.49. The van der Waals surface area contributed by atoms with Crippen molar-refractivity contribution in [3.05, 3.63) is 18.0 Å². The Bertz CT molecular complexity index is 785. The highest BCUT2D eigenvalue weighted by Crippen LogP contribution is 2.41. The Morgan fingerprint density at radius 2 is 1.88 bits per heavy atom. The van der Waals surface area contributed by atoms with E-state index in [-0.39, 0.29) is 23.1 Å². The summed E-state index contributed by atoms with van der Waals surface area (Å²) in [7, 11) is 0. The molecular formula is C18H26N4O2. The third-order valence-corrected chi connectivity index (χ3v) is 4.81. The molecule has 4 rings (SSSR count). The summed E-state index contributed by atoms with van der Waals surface area (Å²) in [5.74, 6) is 1.68. The van der Waals surface area contributed by atoms with Crippen LogP contribution in [0, 0.1) is 0 Å². The van der Waals surface area contributed by atoms with Gasteiger partial charge in [0, 0.05) is 11.1 Å². The Morgan fingerprint density at radius 1 is 1.12 bits per heavy atom. The SMILES string of the molecule is CC(C)(C)c1cnn2cc3c(nc12)N(C(C)(C)C)[C@H]1COC[C@@H]1O3. The van der Waals surface area contributed by atoms with Crippen molar-refractivity contribution >= 4 is 11.5 Å². The molecule has 0 amide bonds. The second-order valence-corrected chi connectivity index (χ2v) is 8.81. The molecule has 2 aliphatic rings. The highest BCUT2D eigenvalue weighted by atomic mass is 16.6. The Kier molecular flexibility index (Phi) is 3.17. The molecule has 1 fully saturated rings. The fourth-order valence-corrected chi connectivity index (χ4v) is 3.68. The molecule has 0 saturated carbocycles. The lowest BCUT2D eigenvalue weighted by atomic mass is 9.89. The van der Waals surface area contributed by atoms with Gasteiger partial charge < -0.3 is 14.4 Å². The molecule has 130 valence electrons. The van der Waals surface area contributed by atoms with E-state index in [1.807, 2.05) is 16.9 Å². The number of rotatable bonds is 0. The molecule has 24 heavy (non-hydrogen) atoms. The lowest BCUT2D eigenvalue weighted by Crippen LogP contribution is -2.57. The molecule has 0 radical (unpaired) electrons. The summed E-state index contributed by atoms with van der Waals surface area (Å²) in [4.78, 5) is 7.36. The molecule has 0 aliphatic carbocycles. The van der Waals surface area contributed by atoms with E-state index in [4.69, 9.17) is 14.5 Å². The number of aromatic nitrogens is 3. The summed E-state index contributed by atoms with van der Waals surface area (Å²) in [5.41, 5.74) is 1.97. The molecular weight excluding hydrogens is 304 g/mol. The summed E-state index contributed by atoms with van der Waals surface area (Å²) in [6, 6.07) is 0.202. The third kappa shape index (κ3) is 2.27. The molecule has 1 saturated heterocycles. The highest BCUT2D eigenvalue weighted by molar-refractivity contribution is 5.63. The monoisotopic (exact) mass is 330 g/mol. The molecule has 0 spiro atoms. The van der Waals surface area contributed by atoms with Crippen LogP contribution >= 0.6 is 0 Å². The Hall–Kier alpha value is -1.82. The van der Waals surface area contributed by atoms with Crippen LogP contribution in [0.2, 0.25) is 0 Å². The van der Waals surface area contributed by atoms with Gasteiger partial charge in [-0.25, -0.2) is 9.50 Å². The highest BCUT2D eigenvalue weighted by Gasteiger charge is 2.45. The lowest BCUT2D eigenvalue weighted by Gasteiger charge is -2.46. The van der Waals surface area contributed by atoms with Gasteiger partial charge in [0.25, 0.3) is 0 Å². The van der Waals surface area contributed by atoms with Crippen molar-refractivity contribution in [2.75, 3.05) is 18.1 Å². The number of hydrogen-bond donors (Lipinski definition) is 0. The van der Waals surface area contributed by atoms with Gasteiger partial charge in [-0.05, 0) is 26.2 Å². The number of hydrogen-bond acceptors (Lipinski definition) is 5. The topological polar surface area (TPSA) is 51.9 Å². The van der Waals surface area contributed by atoms with Crippen molar-refractivity contribution in [2.24, 2.45) is 0 Å². The molecule has 0 unspecified atom stereocenters. The molecule has 0 bridgehead atoms. The smallest absolute Gasteiger partial charge is 0.180 e. The molecule has 2 aliphatic heterocycles. The van der Waals surface area contributed by atoms with Crippen LogP contribution in [0.3, 0.4) is 0 Å². The van der Waals surface area contributed by atoms with Gasteiger partial charge in [-0.3, -0.25) is 0 Å². The number of fused-ring (bicyclic) bond motifs is 3. The summed E-state index contributed by atoms with van der Waals surface area (Å²) >= 11 is 0. The number of ether oxygens (including phenoxy) is 2. The fourth-order valence-electron chi connectivity index (χ4n) is 3.68. The number of nitrogens with zero attached hydrogens (tertiary/aromatic N) is 4. The zero-order valence-electron chi connectivity index (χ0n) is 15.3. The van der Waals surface area contributed by atoms with Crippen molar-refractivity contribution in [1.82, 2.24) is 14.6 Å². The van der Waals surface area contributed by atoms with Crippen LogP contribution in [0.5, 0.6) is 5.75 Å². The molecule has 2 atom stereocenters. The van der Waals surface area contributed by atoms with E-state index in [1.165, 1.54) is 0 Å². The normalized spacial score (nSPS) is 24.0. The van der Waals surface area contributed by atoms with Crippen molar-refractivity contribution in [3.63, 3.8) is 0 Å². The van der Waals surface area contributed by atoms with Crippen LogP contribution < -0.4 is 9.64 Å². The summed E-state index contributed by atoms with van der Waals surface area (Å²) in [6.07, 6.45) is 3.92. The van der Waals surface area contributed by atoms with Crippen molar-refractivity contribution < 1.29 is 9.47 Å². The van der Waals surface area contributed by atoms with Crippen LogP contribution in [-0.2, 0) is 10.2 Å². The van der Waals surface area contributed by atoms with Gasteiger partial charge in [0.15, 0.2) is 17.2 Å². The van der Waals surface area contributed by atoms with Crippen molar-refractivity contribution in [2.45, 2.75) is 64.6 Å². The quantitative estimate of drug-likeness (QED) is 0.743. The summed E-state index contributed by atoms with van der Waals surface area (Å²) < 4.78 is 13.7. The Labute approximate surface area is 142 Å². The van der Waals surface area contributed by atoms with E-state index >= 15 is 0 Å². The zero-order chi connectivity index (χ0) is 17.3. The van der Waals surface area contributed by atoms with Crippen LogP contribution in [0.1, 0.15) is 47.1 Å². The van der Waals surface area contributed by atoms with Crippen molar-refractivity contribution in [1.29, 1.82) is 0 Å². The fraction of sp³-hybridized carbons (Fsp3) is 0.667. The van der Waals surface area contributed by atoms with Gasteiger partial charge in [0.1, 0.15) is 6.10 Å². The maximum Gasteiger partial charge on any atom is 0.180 e. The van der Waals surface area contributed by atoms with E-state index in [0.29, 0.717) is 13.2 Å². The van der Waals surface area contributed by atoms with Gasteiger partial charge in [-0.1, -0.05) is 20.8 Å². The lowest BCUT2D eigenvalue weighted by molar-refractivity contribution is 0.133. The Balaban J connectivity index is 1.93. The predicted octanol–water partition coefficient (Wildman–Crippen LogP) is 2.79. The van der Waals surface area contributed by atoms with E-state index < -0.39 is 0 Å². The van der Waals surface area contributed by atoms with Crippen molar-refractivity contribution in [3.8, 4) is 5.75 Å². The van der Waals surface area contributed by atoms with Crippen LogP contribution in [0.4, 0.5) is 5.82 Å². The average Bonchev–Trinajstić information content (AvgIpc) is 3.05. The van der Waals surface area contributed by atoms with Gasteiger partial charge in [0.2, 0.25) is 0 Å². The second-order valence-electron chi connectivity index (χ2n) is 8.81. The van der Waals surface area contributed by atoms with Gasteiger partial charge in [-0.2, -0.15) is 5.10 Å². The minimum Gasteiger partial charge on any atom is -0.480 e. The molecule has 2 aromatic heterocycles. The van der Waals surface area contributed by atoms with E-state index in [1.54, 1.807) is 0 Å². The Morgan fingerprint density at radius 3 is 2.54 bits per heavy atom. The predicted molar refractivity (Wildman–Crippen MR) is 92.9 cm³/mol. The first-order valence-corrected chi connectivity index (χ1v) is 8.59. The van der Waals surface area contributed by atoms with E-state index in [2.05, 4.69) is 51.5 Å². The van der Waals surface area contributed by atoms with Gasteiger partial charge in [-0.15, -0.1) is 0 Å². The standard InChI is InChI=1S/C18H26N4O2/c1-17(2,3)11-7-19-21-8-13-16(20-15(11)21)22(18(4,5)6)12-9-23-10-14(12)24-13/h7-8,12,14H,9-10H2,1-6H3/t12-,14-/m0/s1. The number of anilines is 1. The second kappa shape index (κ2) is 4.85. The largest absolute Gasteiger partial charge is 0.480 e. The minimum absolute atomic E-state index is 0.00984. The van der Waals surface area contributed by atoms with Crippen LogP contribution in [-0.4, -0.2) is 45.5 Å². The molecule has 2 aromatic rings. The molecule has 0 aromatic carbocycles. The molecule has 6 heteroatoms. The van der Waals surface area contributed by atoms with E-state index in [0.717, 1.165) is 22.8 Å². The van der Waals surface area contributed by atoms with E-state index in [9.17, 15) is 0 Å². The maximum absolute atomic E-state index is 6.19. The molecule has 0 N–H and O–H groups in total. The maximum atomic E-state index is 6.19. The first-order valence-electron chi connectivity index (χ1n) is 8.59. The zero-order valence-corrected chi connectivity index (χ0v) is 15.3. The molecule has 4 heterocycles. The van der Waals surface area contributed by atoms with Gasteiger partial charge >= 0.3 is 0 Å². The average molecular weight is 330 g/mol.